The van der Waals surface area contributed by atoms with E-state index in [4.69, 9.17) is 9.84 Å². The number of aliphatic hydroxyl groups excluding tert-OH is 1. The zero-order valence-corrected chi connectivity index (χ0v) is 12.9. The Morgan fingerprint density at radius 3 is 2.67 bits per heavy atom. The number of aromatic nitrogens is 1. The summed E-state index contributed by atoms with van der Waals surface area (Å²) < 4.78 is 19.2. The smallest absolute Gasteiger partial charge is 0.428 e. The van der Waals surface area contributed by atoms with Crippen LogP contribution in [0.5, 0.6) is 0 Å². The Labute approximate surface area is 138 Å². The van der Waals surface area contributed by atoms with Gasteiger partial charge >= 0.3 is 11.9 Å². The highest BCUT2D eigenvalue weighted by atomic mass is 19.1. The molecule has 2 aromatic rings. The number of amides is 1. The van der Waals surface area contributed by atoms with Crippen molar-refractivity contribution in [1.29, 1.82) is 0 Å². The first kappa shape index (κ1) is 16.2. The second-order valence-electron chi connectivity index (χ2n) is 5.55. The number of halogens is 1. The van der Waals surface area contributed by atoms with Crippen molar-refractivity contribution in [2.24, 2.45) is 0 Å². The van der Waals surface area contributed by atoms with Gasteiger partial charge in [0.2, 0.25) is 0 Å². The van der Waals surface area contributed by atoms with Gasteiger partial charge in [0.25, 0.3) is 0 Å². The third-order valence-corrected chi connectivity index (χ3v) is 3.97. The number of hydrogen-bond acceptors (Lipinski definition) is 4. The fraction of sp³-hybridized carbons (Fsp3) is 0.294. The number of rotatable bonds is 4. The molecule has 0 aliphatic carbocycles. The third-order valence-electron chi connectivity index (χ3n) is 3.97. The molecule has 126 valence electrons. The normalized spacial score (nSPS) is 17.7. The van der Waals surface area contributed by atoms with Gasteiger partial charge < -0.3 is 15.1 Å². The maximum absolute atomic E-state index is 13.1. The summed E-state index contributed by atoms with van der Waals surface area (Å²) in [4.78, 5) is 13.5. The number of ether oxygens (including phenoxy) is 1. The number of hydrogen-bond donors (Lipinski definition) is 2. The highest BCUT2D eigenvalue weighted by molar-refractivity contribution is 5.86. The quantitative estimate of drug-likeness (QED) is 0.664. The molecule has 1 atom stereocenters. The van der Waals surface area contributed by atoms with E-state index in [1.807, 2.05) is 0 Å². The molecular formula is C17H18FN2O4+. The van der Waals surface area contributed by atoms with E-state index in [2.05, 4.69) is 0 Å². The fourth-order valence-electron chi connectivity index (χ4n) is 2.72. The van der Waals surface area contributed by atoms with E-state index in [0.717, 1.165) is 4.73 Å². The van der Waals surface area contributed by atoms with Crippen molar-refractivity contribution in [1.82, 2.24) is 0 Å². The van der Waals surface area contributed by atoms with Crippen LogP contribution in [0.15, 0.2) is 42.5 Å². The van der Waals surface area contributed by atoms with Crippen molar-refractivity contribution in [3.05, 3.63) is 48.3 Å². The first-order valence-electron chi connectivity index (χ1n) is 7.69. The Bertz CT molecular complexity index is 736. The van der Waals surface area contributed by atoms with Crippen LogP contribution in [-0.2, 0) is 4.74 Å². The van der Waals surface area contributed by atoms with Gasteiger partial charge in [-0.2, -0.15) is 9.69 Å². The van der Waals surface area contributed by atoms with Gasteiger partial charge in [-0.3, -0.25) is 0 Å². The van der Waals surface area contributed by atoms with Gasteiger partial charge in [-0.05, 0) is 41.1 Å². The number of anilines is 1. The van der Waals surface area contributed by atoms with Gasteiger partial charge in [-0.25, -0.2) is 4.39 Å². The van der Waals surface area contributed by atoms with Crippen molar-refractivity contribution in [2.45, 2.75) is 18.9 Å². The minimum atomic E-state index is -0.571. The molecule has 1 aromatic carbocycles. The summed E-state index contributed by atoms with van der Waals surface area (Å²) in [5.41, 5.74) is 1.04. The second-order valence-corrected chi connectivity index (χ2v) is 5.55. The largest absolute Gasteiger partial charge is 0.507 e. The Morgan fingerprint density at radius 1 is 1.25 bits per heavy atom. The van der Waals surface area contributed by atoms with Gasteiger partial charge in [0, 0.05) is 31.1 Å². The lowest BCUT2D eigenvalue weighted by Crippen LogP contribution is -2.49. The molecule has 0 saturated carbocycles. The number of nitrogens with zero attached hydrogens (tertiary/aromatic N) is 2. The highest BCUT2D eigenvalue weighted by Crippen LogP contribution is 2.22. The molecule has 0 bridgehead atoms. The number of cyclic esters (lactones) is 1. The molecule has 1 fully saturated rings. The predicted octanol–water partition coefficient (Wildman–Crippen LogP) is 2.12. The standard InChI is InChI=1S/C17H18FN2O4/c18-13-6-4-12(5-7-13)15-2-1-3-16(20(15)23)19-10-8-14(9-11-21)24-17(19)22/h1-7,14,21,23H,8-11H2/q+1. The molecule has 1 aliphatic rings. The third kappa shape index (κ3) is 3.16. The summed E-state index contributed by atoms with van der Waals surface area (Å²) in [6.45, 7) is 0.328. The monoisotopic (exact) mass is 333 g/mol. The van der Waals surface area contributed by atoms with Crippen molar-refractivity contribution < 1.29 is 29.0 Å². The van der Waals surface area contributed by atoms with Crippen molar-refractivity contribution in [3.63, 3.8) is 0 Å². The molecule has 7 heteroatoms. The van der Waals surface area contributed by atoms with Crippen LogP contribution >= 0.6 is 0 Å². The van der Waals surface area contributed by atoms with Gasteiger partial charge in [0.1, 0.15) is 18.5 Å². The van der Waals surface area contributed by atoms with Crippen LogP contribution in [0, 0.1) is 5.82 Å². The van der Waals surface area contributed by atoms with E-state index >= 15 is 0 Å². The number of carbonyl (C=O) groups is 1. The van der Waals surface area contributed by atoms with Crippen LogP contribution in [0.1, 0.15) is 12.8 Å². The molecule has 0 radical (unpaired) electrons. The molecule has 1 aromatic heterocycles. The first-order chi connectivity index (χ1) is 11.6. The number of benzene rings is 1. The summed E-state index contributed by atoms with van der Waals surface area (Å²) >= 11 is 0. The second kappa shape index (κ2) is 6.84. The lowest BCUT2D eigenvalue weighted by Gasteiger charge is -2.26. The SMILES string of the molecule is O=C1OC(CCO)CCN1c1cccc(-c2ccc(F)cc2)[n+]1O. The van der Waals surface area contributed by atoms with Crippen LogP contribution < -0.4 is 9.63 Å². The summed E-state index contributed by atoms with van der Waals surface area (Å²) in [5, 5.41) is 19.4. The average molecular weight is 333 g/mol. The molecule has 1 amide bonds. The van der Waals surface area contributed by atoms with Gasteiger partial charge in [-0.15, -0.1) is 0 Å². The molecule has 1 aliphatic heterocycles. The number of aliphatic hydroxyl groups is 1. The first-order valence-corrected chi connectivity index (χ1v) is 7.69. The Kier molecular flexibility index (Phi) is 4.61. The lowest BCUT2D eigenvalue weighted by atomic mass is 10.1. The van der Waals surface area contributed by atoms with Crippen LogP contribution in [0.2, 0.25) is 0 Å². The predicted molar refractivity (Wildman–Crippen MR) is 83.2 cm³/mol. The topological polar surface area (TPSA) is 73.9 Å². The minimum absolute atomic E-state index is 0.0437. The molecule has 2 N–H and O–H groups in total. The fourth-order valence-corrected chi connectivity index (χ4v) is 2.72. The maximum Gasteiger partial charge on any atom is 0.507 e. The maximum atomic E-state index is 13.1. The van der Waals surface area contributed by atoms with E-state index in [0.29, 0.717) is 30.6 Å². The van der Waals surface area contributed by atoms with Gasteiger partial charge in [-0.1, -0.05) is 0 Å². The molecule has 0 spiro atoms. The molecule has 2 heterocycles. The Morgan fingerprint density at radius 2 is 2.00 bits per heavy atom. The zero-order valence-electron chi connectivity index (χ0n) is 12.9. The van der Waals surface area contributed by atoms with Crippen LogP contribution in [-0.4, -0.2) is 35.7 Å². The Hall–Kier alpha value is -2.67. The molecule has 1 saturated heterocycles. The van der Waals surface area contributed by atoms with Crippen molar-refractivity contribution in [2.75, 3.05) is 18.1 Å². The number of carbonyl (C=O) groups excluding carboxylic acids is 1. The van der Waals surface area contributed by atoms with E-state index in [-0.39, 0.29) is 24.3 Å². The van der Waals surface area contributed by atoms with Gasteiger partial charge in [0.15, 0.2) is 5.69 Å². The molecule has 3 rings (SSSR count). The van der Waals surface area contributed by atoms with E-state index in [1.54, 1.807) is 30.3 Å². The molecule has 1 unspecified atom stereocenters. The lowest BCUT2D eigenvalue weighted by molar-refractivity contribution is -0.885. The van der Waals surface area contributed by atoms with E-state index in [9.17, 15) is 14.4 Å². The van der Waals surface area contributed by atoms with Crippen molar-refractivity contribution >= 4 is 11.9 Å². The minimum Gasteiger partial charge on any atom is -0.428 e. The molecular weight excluding hydrogens is 315 g/mol. The van der Waals surface area contributed by atoms with Crippen LogP contribution in [0.3, 0.4) is 0 Å². The molecule has 6 nitrogen and oxygen atoms in total. The average Bonchev–Trinajstić information content (AvgIpc) is 2.57. The van der Waals surface area contributed by atoms with Gasteiger partial charge in [0.05, 0.1) is 0 Å². The highest BCUT2D eigenvalue weighted by Gasteiger charge is 2.37. The Balaban J connectivity index is 1.88. The summed E-state index contributed by atoms with van der Waals surface area (Å²) in [6, 6.07) is 10.7. The van der Waals surface area contributed by atoms with Crippen LogP contribution in [0.25, 0.3) is 11.3 Å². The van der Waals surface area contributed by atoms with E-state index < -0.39 is 6.09 Å². The van der Waals surface area contributed by atoms with Crippen molar-refractivity contribution in [3.8, 4) is 11.3 Å². The zero-order chi connectivity index (χ0) is 17.1. The summed E-state index contributed by atoms with van der Waals surface area (Å²) in [5.74, 6) is -0.0989. The summed E-state index contributed by atoms with van der Waals surface area (Å²) in [7, 11) is 0. The summed E-state index contributed by atoms with van der Waals surface area (Å²) in [6.07, 6.45) is 0.0754. The molecule has 24 heavy (non-hydrogen) atoms. The van der Waals surface area contributed by atoms with E-state index in [1.165, 1.54) is 17.0 Å². The van der Waals surface area contributed by atoms with Crippen LogP contribution in [0.4, 0.5) is 15.0 Å². The number of pyridine rings is 1.